The van der Waals surface area contributed by atoms with Gasteiger partial charge in [-0.25, -0.2) is 0 Å². The molecule has 1 fully saturated rings. The molecule has 0 spiro atoms. The molecule has 2 N–H and O–H groups in total. The Balaban J connectivity index is 1.56. The molecule has 2 aliphatic rings. The molecular weight excluding hydrogens is 300 g/mol. The first kappa shape index (κ1) is 15.4. The van der Waals surface area contributed by atoms with Crippen LogP contribution in [0.2, 0.25) is 0 Å². The monoisotopic (exact) mass is 320 g/mol. The van der Waals surface area contributed by atoms with Crippen LogP contribution in [0.4, 0.5) is 0 Å². The van der Waals surface area contributed by atoms with Gasteiger partial charge >= 0.3 is 0 Å². The zero-order chi connectivity index (χ0) is 15.4. The molecule has 22 heavy (non-hydrogen) atoms. The van der Waals surface area contributed by atoms with Crippen molar-refractivity contribution in [2.75, 3.05) is 25.5 Å². The summed E-state index contributed by atoms with van der Waals surface area (Å²) in [4.78, 5) is 16.7. The number of carbonyl (C=O) groups excluding carboxylic acids is 1. The molecule has 1 amide bonds. The van der Waals surface area contributed by atoms with E-state index in [4.69, 9.17) is 4.74 Å². The number of aliphatic imine (C=N–C) groups is 1. The molecule has 2 atom stereocenters. The quantitative estimate of drug-likeness (QED) is 0.887. The number of phenols is 1. The average molecular weight is 320 g/mol. The lowest BCUT2D eigenvalue weighted by Gasteiger charge is -2.22. The van der Waals surface area contributed by atoms with Crippen molar-refractivity contribution < 1.29 is 14.6 Å². The third-order valence-electron chi connectivity index (χ3n) is 3.91. The Labute approximate surface area is 134 Å². The fourth-order valence-electron chi connectivity index (χ4n) is 2.64. The van der Waals surface area contributed by atoms with Crippen molar-refractivity contribution in [2.45, 2.75) is 18.9 Å². The molecule has 5 nitrogen and oxygen atoms in total. The van der Waals surface area contributed by atoms with E-state index in [-0.39, 0.29) is 17.7 Å². The van der Waals surface area contributed by atoms with Crippen LogP contribution in [0.25, 0.3) is 0 Å². The van der Waals surface area contributed by atoms with E-state index in [0.29, 0.717) is 23.8 Å². The molecule has 0 bridgehead atoms. The third-order valence-corrected chi connectivity index (χ3v) is 4.99. The number of ether oxygens (including phenoxy) is 1. The van der Waals surface area contributed by atoms with Crippen LogP contribution in [0.15, 0.2) is 29.3 Å². The van der Waals surface area contributed by atoms with Crippen molar-refractivity contribution >= 4 is 22.7 Å². The van der Waals surface area contributed by atoms with E-state index in [2.05, 4.69) is 10.3 Å². The summed E-state index contributed by atoms with van der Waals surface area (Å²) < 4.78 is 5.42. The van der Waals surface area contributed by atoms with Crippen molar-refractivity contribution in [3.8, 4) is 5.75 Å². The molecule has 1 aromatic rings. The SMILES string of the molecule is O=C(NCC1CCCOC1)C1CSC(c2ccccc2O)=N1. The highest BCUT2D eigenvalue weighted by molar-refractivity contribution is 8.14. The molecule has 3 rings (SSSR count). The molecule has 1 aromatic carbocycles. The molecule has 1 saturated heterocycles. The Hall–Kier alpha value is -1.53. The standard InChI is InChI=1S/C16H20N2O3S/c19-14-6-2-1-5-12(14)16-18-13(10-22-16)15(20)17-8-11-4-3-7-21-9-11/h1-2,5-6,11,13,19H,3-4,7-10H2,(H,17,20). The van der Waals surface area contributed by atoms with E-state index in [0.717, 1.165) is 31.1 Å². The first-order valence-electron chi connectivity index (χ1n) is 7.58. The highest BCUT2D eigenvalue weighted by atomic mass is 32.2. The van der Waals surface area contributed by atoms with Crippen LogP contribution in [0.5, 0.6) is 5.75 Å². The van der Waals surface area contributed by atoms with Gasteiger partial charge in [0.05, 0.1) is 6.61 Å². The molecule has 2 heterocycles. The summed E-state index contributed by atoms with van der Waals surface area (Å²) in [6.45, 7) is 2.21. The van der Waals surface area contributed by atoms with E-state index in [1.54, 1.807) is 12.1 Å². The lowest BCUT2D eigenvalue weighted by Crippen LogP contribution is -2.38. The molecule has 0 radical (unpaired) electrons. The first-order chi connectivity index (χ1) is 10.7. The topological polar surface area (TPSA) is 70.9 Å². The number of aromatic hydroxyl groups is 1. The highest BCUT2D eigenvalue weighted by Gasteiger charge is 2.27. The first-order valence-corrected chi connectivity index (χ1v) is 8.57. The Morgan fingerprint density at radius 1 is 1.45 bits per heavy atom. The van der Waals surface area contributed by atoms with Crippen LogP contribution in [0.3, 0.4) is 0 Å². The number of nitrogens with one attached hydrogen (secondary N) is 1. The maximum atomic E-state index is 12.2. The smallest absolute Gasteiger partial charge is 0.245 e. The molecular formula is C16H20N2O3S. The van der Waals surface area contributed by atoms with Gasteiger partial charge in [-0.1, -0.05) is 12.1 Å². The zero-order valence-corrected chi connectivity index (χ0v) is 13.1. The predicted octanol–water partition coefficient (Wildman–Crippen LogP) is 1.80. The van der Waals surface area contributed by atoms with Gasteiger partial charge in [0, 0.05) is 24.5 Å². The lowest BCUT2D eigenvalue weighted by atomic mass is 10.0. The van der Waals surface area contributed by atoms with Gasteiger partial charge in [0.1, 0.15) is 16.8 Å². The number of phenolic OH excluding ortho intramolecular Hbond substituents is 1. The van der Waals surface area contributed by atoms with Crippen LogP contribution in [-0.4, -0.2) is 47.6 Å². The van der Waals surface area contributed by atoms with E-state index >= 15 is 0 Å². The van der Waals surface area contributed by atoms with Crippen LogP contribution >= 0.6 is 11.8 Å². The summed E-state index contributed by atoms with van der Waals surface area (Å²) in [7, 11) is 0. The van der Waals surface area contributed by atoms with E-state index < -0.39 is 0 Å². The summed E-state index contributed by atoms with van der Waals surface area (Å²) in [6.07, 6.45) is 2.17. The second-order valence-corrected chi connectivity index (χ2v) is 6.62. The van der Waals surface area contributed by atoms with Gasteiger partial charge in [-0.05, 0) is 30.9 Å². The number of carbonyl (C=O) groups is 1. The minimum absolute atomic E-state index is 0.0384. The maximum absolute atomic E-state index is 12.2. The molecule has 0 saturated carbocycles. The summed E-state index contributed by atoms with van der Waals surface area (Å²) in [5.41, 5.74) is 0.698. The summed E-state index contributed by atoms with van der Waals surface area (Å²) in [5.74, 6) is 1.20. The fraction of sp³-hybridized carbons (Fsp3) is 0.500. The molecule has 118 valence electrons. The lowest BCUT2D eigenvalue weighted by molar-refractivity contribution is -0.122. The number of rotatable bonds is 4. The number of nitrogens with zero attached hydrogens (tertiary/aromatic N) is 1. The van der Waals surface area contributed by atoms with Gasteiger partial charge < -0.3 is 15.2 Å². The second kappa shape index (κ2) is 7.15. The normalized spacial score (nSPS) is 24.8. The van der Waals surface area contributed by atoms with Gasteiger partial charge in [0.15, 0.2) is 0 Å². The summed E-state index contributed by atoms with van der Waals surface area (Å²) in [5, 5.41) is 13.6. The van der Waals surface area contributed by atoms with Crippen molar-refractivity contribution in [1.29, 1.82) is 0 Å². The fourth-order valence-corrected chi connectivity index (χ4v) is 3.71. The largest absolute Gasteiger partial charge is 0.507 e. The van der Waals surface area contributed by atoms with Crippen LogP contribution in [0.1, 0.15) is 18.4 Å². The number of hydrogen-bond acceptors (Lipinski definition) is 5. The maximum Gasteiger partial charge on any atom is 0.245 e. The van der Waals surface area contributed by atoms with Gasteiger partial charge in [0.25, 0.3) is 0 Å². The average Bonchev–Trinajstić information content (AvgIpc) is 3.04. The number of thioether (sulfide) groups is 1. The molecule has 2 unspecified atom stereocenters. The Bertz CT molecular complexity index is 570. The Morgan fingerprint density at radius 3 is 3.09 bits per heavy atom. The van der Waals surface area contributed by atoms with Gasteiger partial charge in [-0.15, -0.1) is 11.8 Å². The number of hydrogen-bond donors (Lipinski definition) is 2. The number of benzene rings is 1. The van der Waals surface area contributed by atoms with E-state index in [9.17, 15) is 9.90 Å². The van der Waals surface area contributed by atoms with Gasteiger partial charge in [0.2, 0.25) is 5.91 Å². The van der Waals surface area contributed by atoms with Gasteiger partial charge in [-0.2, -0.15) is 0 Å². The Kier molecular flexibility index (Phi) is 5.00. The van der Waals surface area contributed by atoms with Crippen LogP contribution in [-0.2, 0) is 9.53 Å². The number of para-hydroxylation sites is 1. The minimum Gasteiger partial charge on any atom is -0.507 e. The number of amides is 1. The summed E-state index contributed by atoms with van der Waals surface area (Å²) in [6, 6.07) is 6.71. The van der Waals surface area contributed by atoms with Crippen molar-refractivity contribution in [3.05, 3.63) is 29.8 Å². The zero-order valence-electron chi connectivity index (χ0n) is 12.3. The van der Waals surface area contributed by atoms with Crippen LogP contribution < -0.4 is 5.32 Å². The molecule has 6 heteroatoms. The highest BCUT2D eigenvalue weighted by Crippen LogP contribution is 2.28. The van der Waals surface area contributed by atoms with Crippen molar-refractivity contribution in [3.63, 3.8) is 0 Å². The third kappa shape index (κ3) is 3.62. The molecule has 0 aliphatic carbocycles. The van der Waals surface area contributed by atoms with E-state index in [1.807, 2.05) is 12.1 Å². The molecule has 0 aromatic heterocycles. The van der Waals surface area contributed by atoms with Crippen LogP contribution in [0, 0.1) is 5.92 Å². The van der Waals surface area contributed by atoms with Gasteiger partial charge in [-0.3, -0.25) is 9.79 Å². The Morgan fingerprint density at radius 2 is 2.32 bits per heavy atom. The summed E-state index contributed by atoms with van der Waals surface area (Å²) >= 11 is 1.51. The van der Waals surface area contributed by atoms with Crippen molar-refractivity contribution in [1.82, 2.24) is 5.32 Å². The van der Waals surface area contributed by atoms with Crippen molar-refractivity contribution in [2.24, 2.45) is 10.9 Å². The molecule has 2 aliphatic heterocycles. The van der Waals surface area contributed by atoms with E-state index in [1.165, 1.54) is 11.8 Å². The predicted molar refractivity (Wildman–Crippen MR) is 87.4 cm³/mol. The minimum atomic E-state index is -0.371. The second-order valence-electron chi connectivity index (χ2n) is 5.61.